The van der Waals surface area contributed by atoms with Gasteiger partial charge in [-0.3, -0.25) is 14.5 Å². The van der Waals surface area contributed by atoms with E-state index in [9.17, 15) is 20.0 Å². The van der Waals surface area contributed by atoms with E-state index in [1.807, 2.05) is 13.0 Å². The molecule has 0 aliphatic carbocycles. The van der Waals surface area contributed by atoms with Crippen LogP contribution in [0.3, 0.4) is 0 Å². The topological polar surface area (TPSA) is 118 Å². The first-order valence-electron chi connectivity index (χ1n) is 11.7. The maximum absolute atomic E-state index is 13.4. The average Bonchev–Trinajstić information content (AvgIpc) is 3.22. The van der Waals surface area contributed by atoms with E-state index >= 15 is 0 Å². The molecule has 3 aromatic rings. The lowest BCUT2D eigenvalue weighted by atomic mass is 9.94. The van der Waals surface area contributed by atoms with Crippen LogP contribution in [0.25, 0.3) is 5.76 Å². The molecule has 0 aromatic heterocycles. The van der Waals surface area contributed by atoms with Crippen molar-refractivity contribution in [2.24, 2.45) is 0 Å². The third kappa shape index (κ3) is 4.60. The number of benzene rings is 3. The maximum Gasteiger partial charge on any atom is 0.300 e. The van der Waals surface area contributed by atoms with Gasteiger partial charge >= 0.3 is 0 Å². The van der Waals surface area contributed by atoms with Crippen LogP contribution in [0.1, 0.15) is 29.7 Å². The molecule has 4 rings (SSSR count). The number of anilines is 1. The zero-order chi connectivity index (χ0) is 27.4. The fourth-order valence-corrected chi connectivity index (χ4v) is 4.38. The van der Waals surface area contributed by atoms with Crippen LogP contribution in [-0.4, -0.2) is 44.7 Å². The fraction of sp³-hybridized carbons (Fsp3) is 0.207. The predicted octanol–water partition coefficient (Wildman–Crippen LogP) is 4.61. The van der Waals surface area contributed by atoms with Gasteiger partial charge in [-0.25, -0.2) is 0 Å². The number of nitriles is 1. The molecule has 1 fully saturated rings. The normalized spacial score (nSPS) is 16.2. The minimum Gasteiger partial charge on any atom is -0.507 e. The molecule has 0 bridgehead atoms. The van der Waals surface area contributed by atoms with E-state index in [1.165, 1.54) is 32.3 Å². The van der Waals surface area contributed by atoms with Gasteiger partial charge in [0.15, 0.2) is 23.0 Å². The molecule has 9 heteroatoms. The lowest BCUT2D eigenvalue weighted by molar-refractivity contribution is -0.132. The van der Waals surface area contributed by atoms with Crippen LogP contribution < -0.4 is 23.8 Å². The van der Waals surface area contributed by atoms with Crippen LogP contribution in [0.2, 0.25) is 0 Å². The first-order valence-corrected chi connectivity index (χ1v) is 11.7. The first kappa shape index (κ1) is 26.1. The molecule has 1 heterocycles. The number of ketones is 1. The summed E-state index contributed by atoms with van der Waals surface area (Å²) in [7, 11) is 4.45. The Labute approximate surface area is 220 Å². The summed E-state index contributed by atoms with van der Waals surface area (Å²) in [5.41, 5.74) is 1.45. The van der Waals surface area contributed by atoms with Crippen LogP contribution in [0.15, 0.2) is 66.2 Å². The molecule has 3 aromatic carbocycles. The Bertz CT molecular complexity index is 1450. The van der Waals surface area contributed by atoms with E-state index in [-0.39, 0.29) is 16.9 Å². The molecule has 0 saturated carbocycles. The minimum atomic E-state index is -0.999. The lowest BCUT2D eigenvalue weighted by Gasteiger charge is -2.26. The van der Waals surface area contributed by atoms with Crippen molar-refractivity contribution in [1.29, 1.82) is 5.26 Å². The minimum absolute atomic E-state index is 0.112. The highest BCUT2D eigenvalue weighted by Crippen LogP contribution is 2.44. The summed E-state index contributed by atoms with van der Waals surface area (Å²) < 4.78 is 21.8. The number of aliphatic hydroxyl groups is 1. The summed E-state index contributed by atoms with van der Waals surface area (Å²) in [6.07, 6.45) is 0. The predicted molar refractivity (Wildman–Crippen MR) is 140 cm³/mol. The Hall–Kier alpha value is -4.97. The van der Waals surface area contributed by atoms with Gasteiger partial charge in [-0.05, 0) is 67.1 Å². The van der Waals surface area contributed by atoms with Crippen molar-refractivity contribution in [3.63, 3.8) is 0 Å². The van der Waals surface area contributed by atoms with Crippen molar-refractivity contribution in [3.05, 3.63) is 82.9 Å². The molecule has 1 N–H and O–H groups in total. The third-order valence-electron chi connectivity index (χ3n) is 6.18. The highest BCUT2D eigenvalue weighted by Gasteiger charge is 2.47. The molecular weight excluding hydrogens is 488 g/mol. The lowest BCUT2D eigenvalue weighted by Crippen LogP contribution is -2.29. The van der Waals surface area contributed by atoms with Gasteiger partial charge in [-0.15, -0.1) is 0 Å². The number of Topliss-reactive ketones (excluding diaryl/α,β-unsaturated/α-hetero) is 1. The maximum atomic E-state index is 13.4. The summed E-state index contributed by atoms with van der Waals surface area (Å²) in [5, 5.41) is 20.6. The van der Waals surface area contributed by atoms with E-state index in [4.69, 9.17) is 18.9 Å². The summed E-state index contributed by atoms with van der Waals surface area (Å²) in [6, 6.07) is 17.1. The number of nitrogens with zero attached hydrogens (tertiary/aromatic N) is 2. The second-order valence-electron chi connectivity index (χ2n) is 8.24. The Balaban J connectivity index is 1.96. The standard InChI is InChI=1S/C29H26N2O7/c1-5-38-24-14-18(8-12-22(24)36-3)26-25(27(32)19-9-13-21(35-2)23(15-19)37-4)28(33)29(34)31(26)20-10-6-17(16-30)7-11-20/h6-15,26,32H,5H2,1-4H3/b27-25-. The second kappa shape index (κ2) is 11.0. The van der Waals surface area contributed by atoms with Crippen LogP contribution in [0, 0.1) is 11.3 Å². The molecule has 194 valence electrons. The average molecular weight is 515 g/mol. The Kier molecular flexibility index (Phi) is 7.53. The number of amides is 1. The number of carbonyl (C=O) groups excluding carboxylic acids is 2. The second-order valence-corrected chi connectivity index (χ2v) is 8.24. The van der Waals surface area contributed by atoms with Gasteiger partial charge in [-0.1, -0.05) is 6.07 Å². The third-order valence-corrected chi connectivity index (χ3v) is 6.18. The van der Waals surface area contributed by atoms with Crippen molar-refractivity contribution >= 4 is 23.1 Å². The van der Waals surface area contributed by atoms with Gasteiger partial charge in [0, 0.05) is 11.3 Å². The highest BCUT2D eigenvalue weighted by atomic mass is 16.5. The largest absolute Gasteiger partial charge is 0.507 e. The van der Waals surface area contributed by atoms with Gasteiger partial charge < -0.3 is 24.1 Å². The monoisotopic (exact) mass is 514 g/mol. The van der Waals surface area contributed by atoms with Crippen LogP contribution in [0.4, 0.5) is 5.69 Å². The van der Waals surface area contributed by atoms with E-state index in [1.54, 1.807) is 54.6 Å². The molecule has 1 atom stereocenters. The van der Waals surface area contributed by atoms with Gasteiger partial charge in [0.05, 0.1) is 51.2 Å². The van der Waals surface area contributed by atoms with E-state index < -0.39 is 17.7 Å². The van der Waals surface area contributed by atoms with Gasteiger partial charge in [0.2, 0.25) is 0 Å². The highest BCUT2D eigenvalue weighted by molar-refractivity contribution is 6.51. The number of ether oxygens (including phenoxy) is 4. The fourth-order valence-electron chi connectivity index (χ4n) is 4.38. The zero-order valence-electron chi connectivity index (χ0n) is 21.3. The molecule has 38 heavy (non-hydrogen) atoms. The molecule has 1 aliphatic rings. The zero-order valence-corrected chi connectivity index (χ0v) is 21.3. The Morgan fingerprint density at radius 1 is 0.895 bits per heavy atom. The van der Waals surface area contributed by atoms with Gasteiger partial charge in [-0.2, -0.15) is 5.26 Å². The van der Waals surface area contributed by atoms with Crippen LogP contribution >= 0.6 is 0 Å². The smallest absolute Gasteiger partial charge is 0.300 e. The molecule has 1 unspecified atom stereocenters. The number of aliphatic hydroxyl groups excluding tert-OH is 1. The van der Waals surface area contributed by atoms with Crippen molar-refractivity contribution in [2.75, 3.05) is 32.8 Å². The SMILES string of the molecule is CCOc1cc(C2/C(=C(/O)c3ccc(OC)c(OC)c3)C(=O)C(=O)N2c2ccc(C#N)cc2)ccc1OC. The van der Waals surface area contributed by atoms with E-state index in [0.717, 1.165) is 0 Å². The Morgan fingerprint density at radius 3 is 2.13 bits per heavy atom. The van der Waals surface area contributed by atoms with Gasteiger partial charge in [0.1, 0.15) is 5.76 Å². The van der Waals surface area contributed by atoms with Crippen LogP contribution in [0.5, 0.6) is 23.0 Å². The van der Waals surface area contributed by atoms with Gasteiger partial charge in [0.25, 0.3) is 11.7 Å². The number of rotatable bonds is 8. The van der Waals surface area contributed by atoms with Crippen LogP contribution in [-0.2, 0) is 9.59 Å². The summed E-state index contributed by atoms with van der Waals surface area (Å²) in [5.74, 6) is -0.377. The molecule has 1 saturated heterocycles. The quantitative estimate of drug-likeness (QED) is 0.263. The molecule has 1 amide bonds. The van der Waals surface area contributed by atoms with Crippen molar-refractivity contribution < 1.29 is 33.6 Å². The number of hydrogen-bond acceptors (Lipinski definition) is 8. The summed E-state index contributed by atoms with van der Waals surface area (Å²) in [6.45, 7) is 2.19. The van der Waals surface area contributed by atoms with E-state index in [0.29, 0.717) is 46.4 Å². The molecule has 1 aliphatic heterocycles. The van der Waals surface area contributed by atoms with Crippen molar-refractivity contribution in [2.45, 2.75) is 13.0 Å². The van der Waals surface area contributed by atoms with Crippen molar-refractivity contribution in [1.82, 2.24) is 0 Å². The first-order chi connectivity index (χ1) is 18.4. The van der Waals surface area contributed by atoms with Crippen molar-refractivity contribution in [3.8, 4) is 29.1 Å². The molecule has 0 spiro atoms. The Morgan fingerprint density at radius 2 is 1.53 bits per heavy atom. The summed E-state index contributed by atoms with van der Waals surface area (Å²) in [4.78, 5) is 28.2. The van der Waals surface area contributed by atoms with E-state index in [2.05, 4.69) is 0 Å². The molecular formula is C29H26N2O7. The molecule has 9 nitrogen and oxygen atoms in total. The number of carbonyl (C=O) groups is 2. The summed E-state index contributed by atoms with van der Waals surface area (Å²) >= 11 is 0. The molecule has 0 radical (unpaired) electrons. The number of methoxy groups -OCH3 is 3. The number of hydrogen-bond donors (Lipinski definition) is 1.